The minimum Gasteiger partial charge on any atom is -0.424 e. The molecule has 2 N–H and O–H groups in total. The molecular formula is C29H33F3N6O4S. The van der Waals surface area contributed by atoms with Crippen LogP contribution in [0.4, 0.5) is 19.2 Å². The molecule has 10 nitrogen and oxygen atoms in total. The molecule has 1 atom stereocenters. The van der Waals surface area contributed by atoms with Gasteiger partial charge >= 0.3 is 6.18 Å². The Hall–Kier alpha value is -3.46. The Morgan fingerprint density at radius 2 is 1.86 bits per heavy atom. The van der Waals surface area contributed by atoms with E-state index >= 15 is 0 Å². The molecule has 6 rings (SSSR count). The fourth-order valence-electron chi connectivity index (χ4n) is 5.94. The van der Waals surface area contributed by atoms with Crippen molar-refractivity contribution in [1.29, 1.82) is 0 Å². The first kappa shape index (κ1) is 29.6. The molecule has 2 aromatic carbocycles. The number of aromatic nitrogens is 3. The maximum Gasteiger partial charge on any atom is 0.416 e. The van der Waals surface area contributed by atoms with Crippen molar-refractivity contribution in [1.82, 2.24) is 24.0 Å². The molecule has 14 heteroatoms. The zero-order valence-electron chi connectivity index (χ0n) is 23.6. The molecule has 0 aliphatic carbocycles. The van der Waals surface area contributed by atoms with Gasteiger partial charge in [-0.1, -0.05) is 18.2 Å². The minimum absolute atomic E-state index is 0.0413. The summed E-state index contributed by atoms with van der Waals surface area (Å²) in [7, 11) is -3.52. The van der Waals surface area contributed by atoms with Crippen LogP contribution in [-0.4, -0.2) is 76.0 Å². The number of hydrogen-bond acceptors (Lipinski definition) is 8. The average molecular weight is 619 g/mol. The summed E-state index contributed by atoms with van der Waals surface area (Å²) in [6.07, 6.45) is -1.62. The van der Waals surface area contributed by atoms with Gasteiger partial charge in [0.1, 0.15) is 5.52 Å². The molecule has 2 aromatic heterocycles. The van der Waals surface area contributed by atoms with Crippen LogP contribution in [0.1, 0.15) is 35.2 Å². The van der Waals surface area contributed by atoms with Gasteiger partial charge in [0.15, 0.2) is 5.58 Å². The van der Waals surface area contributed by atoms with Gasteiger partial charge in [-0.05, 0) is 55.8 Å². The third-order valence-electron chi connectivity index (χ3n) is 8.03. The number of oxazole rings is 1. The number of likely N-dealkylation sites (tertiary alicyclic amines) is 1. The summed E-state index contributed by atoms with van der Waals surface area (Å²) in [4.78, 5) is 6.49. The summed E-state index contributed by atoms with van der Waals surface area (Å²) >= 11 is 0. The number of rotatable bonds is 9. The van der Waals surface area contributed by atoms with Gasteiger partial charge in [-0.15, -0.1) is 0 Å². The van der Waals surface area contributed by atoms with Gasteiger partial charge in [0.25, 0.3) is 6.01 Å². The van der Waals surface area contributed by atoms with E-state index < -0.39 is 27.9 Å². The molecule has 0 radical (unpaired) electrons. The predicted molar refractivity (Wildman–Crippen MR) is 155 cm³/mol. The van der Waals surface area contributed by atoms with Crippen LogP contribution in [0, 0.1) is 0 Å². The number of β-amino-alcohol motifs (C(OH)–C–C–N with tert-alkyl or cyclic N) is 1. The highest BCUT2D eigenvalue weighted by molar-refractivity contribution is 7.88. The number of aliphatic hydroxyl groups excluding tert-OH is 1. The molecule has 4 heterocycles. The second-order valence-electron chi connectivity index (χ2n) is 11.2. The molecule has 4 aromatic rings. The first-order valence-electron chi connectivity index (χ1n) is 14.2. The van der Waals surface area contributed by atoms with Crippen LogP contribution in [0.15, 0.2) is 46.9 Å². The van der Waals surface area contributed by atoms with Gasteiger partial charge < -0.3 is 19.7 Å². The summed E-state index contributed by atoms with van der Waals surface area (Å²) in [6.45, 7) is 2.62. The van der Waals surface area contributed by atoms with Crippen molar-refractivity contribution in [2.75, 3.05) is 37.8 Å². The standard InChI is InChI=1S/C29H33F3N6O4S/c1-43(40,41)37-13-10-25-22(18-37)27(35-38(25)17-21(39)16-36-11-4-5-12-36)19-8-9-23(29(30,31)32)20(14-19)15-33-28-34-24-6-2-3-7-26(24)42-28/h2-3,6-9,14,21,39H,4-5,10-13,15-18H2,1H3,(H,33,34). The second-order valence-corrected chi connectivity index (χ2v) is 13.2. The Bertz CT molecular complexity index is 1700. The molecule has 2 aliphatic rings. The number of anilines is 1. The molecule has 0 bridgehead atoms. The highest BCUT2D eigenvalue weighted by Crippen LogP contribution is 2.37. The van der Waals surface area contributed by atoms with Crippen molar-refractivity contribution in [3.63, 3.8) is 0 Å². The fourth-order valence-corrected chi connectivity index (χ4v) is 6.72. The van der Waals surface area contributed by atoms with Crippen LogP contribution < -0.4 is 5.32 Å². The van der Waals surface area contributed by atoms with Crippen LogP contribution in [0.2, 0.25) is 0 Å². The Labute approximate surface area is 247 Å². The van der Waals surface area contributed by atoms with Crippen LogP contribution in [0.5, 0.6) is 0 Å². The van der Waals surface area contributed by atoms with Gasteiger partial charge in [0.05, 0.1) is 30.2 Å². The predicted octanol–water partition coefficient (Wildman–Crippen LogP) is 4.10. The lowest BCUT2D eigenvalue weighted by Gasteiger charge is -2.26. The molecule has 0 saturated carbocycles. The van der Waals surface area contributed by atoms with Crippen LogP contribution in [-0.2, 0) is 42.3 Å². The van der Waals surface area contributed by atoms with Gasteiger partial charge in [-0.2, -0.15) is 27.6 Å². The largest absolute Gasteiger partial charge is 0.424 e. The minimum atomic E-state index is -4.61. The number of nitrogens with zero attached hydrogens (tertiary/aromatic N) is 5. The lowest BCUT2D eigenvalue weighted by molar-refractivity contribution is -0.138. The number of para-hydroxylation sites is 2. The molecule has 0 amide bonds. The van der Waals surface area contributed by atoms with Crippen molar-refractivity contribution < 1.29 is 31.1 Å². The Morgan fingerprint density at radius 3 is 2.58 bits per heavy atom. The van der Waals surface area contributed by atoms with E-state index in [-0.39, 0.29) is 37.8 Å². The molecule has 0 spiro atoms. The number of fused-ring (bicyclic) bond motifs is 2. The molecule has 1 fully saturated rings. The maximum absolute atomic E-state index is 14.1. The van der Waals surface area contributed by atoms with E-state index in [0.717, 1.165) is 43.9 Å². The summed E-state index contributed by atoms with van der Waals surface area (Å²) < 4.78 is 75.7. The van der Waals surface area contributed by atoms with Crippen molar-refractivity contribution in [2.45, 2.75) is 51.2 Å². The molecule has 2 aliphatic heterocycles. The molecule has 1 saturated heterocycles. The normalized spacial score (nSPS) is 17.4. The van der Waals surface area contributed by atoms with Gasteiger partial charge in [0, 0.05) is 49.4 Å². The first-order chi connectivity index (χ1) is 20.5. The number of sulfonamides is 1. The van der Waals surface area contributed by atoms with Gasteiger partial charge in [0.2, 0.25) is 10.0 Å². The summed E-state index contributed by atoms with van der Waals surface area (Å²) in [5, 5.41) is 18.5. The molecule has 1 unspecified atom stereocenters. The number of hydrogen-bond donors (Lipinski definition) is 2. The van der Waals surface area contributed by atoms with Crippen LogP contribution in [0.25, 0.3) is 22.4 Å². The zero-order valence-corrected chi connectivity index (χ0v) is 24.5. The van der Waals surface area contributed by atoms with E-state index in [0.29, 0.717) is 40.9 Å². The zero-order chi connectivity index (χ0) is 30.4. The smallest absolute Gasteiger partial charge is 0.416 e. The number of nitrogens with one attached hydrogen (secondary N) is 1. The highest BCUT2D eigenvalue weighted by Gasteiger charge is 2.35. The Balaban J connectivity index is 1.34. The van der Waals surface area contributed by atoms with Crippen LogP contribution in [0.3, 0.4) is 0 Å². The van der Waals surface area contributed by atoms with E-state index in [1.165, 1.54) is 16.4 Å². The van der Waals surface area contributed by atoms with E-state index in [9.17, 15) is 26.7 Å². The molecule has 43 heavy (non-hydrogen) atoms. The summed E-state index contributed by atoms with van der Waals surface area (Å²) in [5.74, 6) is 0. The molecular weight excluding hydrogens is 585 g/mol. The maximum atomic E-state index is 14.1. The first-order valence-corrected chi connectivity index (χ1v) is 16.0. The van der Waals surface area contributed by atoms with Gasteiger partial charge in [-0.3, -0.25) is 4.68 Å². The Morgan fingerprint density at radius 1 is 1.09 bits per heavy atom. The fraction of sp³-hybridized carbons (Fsp3) is 0.448. The third-order valence-corrected chi connectivity index (χ3v) is 9.28. The quantitative estimate of drug-likeness (QED) is 0.288. The lowest BCUT2D eigenvalue weighted by atomic mass is 9.97. The lowest BCUT2D eigenvalue weighted by Crippen LogP contribution is -2.37. The van der Waals surface area contributed by atoms with E-state index in [4.69, 9.17) is 9.52 Å². The topological polar surface area (TPSA) is 117 Å². The van der Waals surface area contributed by atoms with E-state index in [1.807, 2.05) is 0 Å². The van der Waals surface area contributed by atoms with Gasteiger partial charge in [-0.25, -0.2) is 8.42 Å². The number of halogens is 3. The summed E-state index contributed by atoms with van der Waals surface area (Å²) in [5.41, 5.74) is 2.45. The van der Waals surface area contributed by atoms with Crippen molar-refractivity contribution >= 4 is 27.1 Å². The van der Waals surface area contributed by atoms with E-state index in [1.54, 1.807) is 28.9 Å². The third kappa shape index (κ3) is 6.42. The monoisotopic (exact) mass is 618 g/mol. The average Bonchev–Trinajstić information content (AvgIpc) is 3.69. The number of alkyl halides is 3. The highest BCUT2D eigenvalue weighted by atomic mass is 32.2. The summed E-state index contributed by atoms with van der Waals surface area (Å²) in [6, 6.07) is 10.9. The number of aliphatic hydroxyl groups is 1. The Kier molecular flexibility index (Phi) is 7.96. The van der Waals surface area contributed by atoms with Crippen LogP contribution >= 0.6 is 0 Å². The SMILES string of the molecule is CS(=O)(=O)N1CCc2c(c(-c3ccc(C(F)(F)F)c(CNc4nc5ccccc5o4)c3)nn2CC(O)CN2CCCC2)C1. The second kappa shape index (κ2) is 11.6. The van der Waals surface area contributed by atoms with Crippen molar-refractivity contribution in [3.8, 4) is 11.3 Å². The van der Waals surface area contributed by atoms with E-state index in [2.05, 4.69) is 15.2 Å². The van der Waals surface area contributed by atoms with Crippen molar-refractivity contribution in [3.05, 3.63) is 64.8 Å². The van der Waals surface area contributed by atoms with Crippen molar-refractivity contribution in [2.24, 2.45) is 0 Å². The molecule has 230 valence electrons. The number of benzene rings is 2.